The minimum absolute atomic E-state index is 0.229. The van der Waals surface area contributed by atoms with Gasteiger partial charge in [-0.1, -0.05) is 6.07 Å². The molecule has 0 unspecified atom stereocenters. The second-order valence-corrected chi connectivity index (χ2v) is 4.97. The molecule has 0 spiro atoms. The Morgan fingerprint density at radius 3 is 2.71 bits per heavy atom. The predicted molar refractivity (Wildman–Crippen MR) is 83.9 cm³/mol. The van der Waals surface area contributed by atoms with Gasteiger partial charge in [-0.05, 0) is 37.0 Å². The maximum Gasteiger partial charge on any atom is 0.373 e. The number of hydrogen-bond acceptors (Lipinski definition) is 5. The third-order valence-corrected chi connectivity index (χ3v) is 3.29. The van der Waals surface area contributed by atoms with Crippen molar-refractivity contribution in [1.29, 1.82) is 0 Å². The zero-order valence-corrected chi connectivity index (χ0v) is 12.0. The van der Waals surface area contributed by atoms with Crippen LogP contribution in [0.5, 0.6) is 0 Å². The van der Waals surface area contributed by atoms with Crippen LogP contribution >= 0.6 is 0 Å². The highest BCUT2D eigenvalue weighted by Crippen LogP contribution is 2.32. The Balaban J connectivity index is 2.43. The van der Waals surface area contributed by atoms with Crippen LogP contribution in [0.4, 0.5) is 15.9 Å². The van der Waals surface area contributed by atoms with Gasteiger partial charge in [0.25, 0.3) is 0 Å². The number of nitrogens with two attached hydrogens (primary N) is 2. The number of nitrogens with one attached hydrogen (secondary N) is 1. The third kappa shape index (κ3) is 3.32. The summed E-state index contributed by atoms with van der Waals surface area (Å²) in [5.41, 5.74) is 14.6. The molecule has 1 heterocycles. The lowest BCUT2D eigenvalue weighted by Crippen LogP contribution is -2.30. The molecule has 0 saturated heterocycles. The first-order valence-electron chi connectivity index (χ1n) is 6.61. The molecule has 6 N–H and O–H groups in total. The van der Waals surface area contributed by atoms with E-state index in [0.29, 0.717) is 22.4 Å². The van der Waals surface area contributed by atoms with Crippen LogP contribution in [0.15, 0.2) is 24.4 Å². The molecule has 0 atom stereocenters. The summed E-state index contributed by atoms with van der Waals surface area (Å²) in [6, 6.07) is 4.87. The molecule has 7 heteroatoms. The molecule has 0 aliphatic heterocycles. The van der Waals surface area contributed by atoms with Crippen molar-refractivity contribution in [3.05, 3.63) is 41.3 Å². The van der Waals surface area contributed by atoms with E-state index in [0.717, 1.165) is 5.56 Å². The SMILES string of the molecule is CB(O)NCc1cc(C)c(-c2ccnc(N)c2N)cc1F. The molecule has 0 radical (unpaired) electrons. The monoisotopic (exact) mass is 288 g/mol. The van der Waals surface area contributed by atoms with Crippen molar-refractivity contribution in [3.63, 3.8) is 0 Å². The van der Waals surface area contributed by atoms with Crippen LogP contribution in [-0.2, 0) is 6.54 Å². The maximum absolute atomic E-state index is 14.2. The van der Waals surface area contributed by atoms with E-state index in [1.165, 1.54) is 6.07 Å². The molecule has 1 aromatic heterocycles. The summed E-state index contributed by atoms with van der Waals surface area (Å²) in [6.45, 7) is 3.70. The molecule has 2 rings (SSSR count). The van der Waals surface area contributed by atoms with Crippen molar-refractivity contribution in [1.82, 2.24) is 10.2 Å². The van der Waals surface area contributed by atoms with Crippen LogP contribution in [0.1, 0.15) is 11.1 Å². The van der Waals surface area contributed by atoms with Gasteiger partial charge < -0.3 is 21.7 Å². The lowest BCUT2D eigenvalue weighted by molar-refractivity contribution is 0.548. The van der Waals surface area contributed by atoms with E-state index in [1.807, 2.05) is 6.92 Å². The van der Waals surface area contributed by atoms with Crippen molar-refractivity contribution < 1.29 is 9.41 Å². The van der Waals surface area contributed by atoms with Crippen LogP contribution in [0.3, 0.4) is 0 Å². The number of nitrogen functional groups attached to an aromatic ring is 2. The Bertz CT molecular complexity index is 664. The average molecular weight is 288 g/mol. The van der Waals surface area contributed by atoms with Crippen LogP contribution in [0, 0.1) is 12.7 Å². The van der Waals surface area contributed by atoms with Crippen LogP contribution in [0.2, 0.25) is 6.82 Å². The number of pyridine rings is 1. The summed E-state index contributed by atoms with van der Waals surface area (Å²) < 4.78 is 14.2. The molecule has 0 fully saturated rings. The van der Waals surface area contributed by atoms with Gasteiger partial charge >= 0.3 is 7.05 Å². The molecule has 0 bridgehead atoms. The fourth-order valence-electron chi connectivity index (χ4n) is 2.15. The standard InChI is InChI=1S/C14H18BFN4O/c1-8-5-9(7-20-15(2)21)12(16)6-11(8)10-3-4-19-14(18)13(10)17/h3-6,20-21H,7,17H2,1-2H3,(H2,18,19). The van der Waals surface area contributed by atoms with Gasteiger partial charge in [-0.2, -0.15) is 0 Å². The molecule has 0 saturated carbocycles. The minimum atomic E-state index is -0.694. The summed E-state index contributed by atoms with van der Waals surface area (Å²) in [6.07, 6.45) is 1.54. The van der Waals surface area contributed by atoms with Crippen molar-refractivity contribution in [3.8, 4) is 11.1 Å². The van der Waals surface area contributed by atoms with Crippen molar-refractivity contribution in [2.45, 2.75) is 20.3 Å². The van der Waals surface area contributed by atoms with Crippen molar-refractivity contribution in [2.75, 3.05) is 11.5 Å². The van der Waals surface area contributed by atoms with E-state index >= 15 is 0 Å². The van der Waals surface area contributed by atoms with Crippen molar-refractivity contribution >= 4 is 18.6 Å². The summed E-state index contributed by atoms with van der Waals surface area (Å²) in [7, 11) is -0.694. The third-order valence-electron chi connectivity index (χ3n) is 3.29. The number of aryl methyl sites for hydroxylation is 1. The highest BCUT2D eigenvalue weighted by atomic mass is 19.1. The van der Waals surface area contributed by atoms with Gasteiger partial charge in [-0.25, -0.2) is 9.37 Å². The molecule has 21 heavy (non-hydrogen) atoms. The highest BCUT2D eigenvalue weighted by molar-refractivity contribution is 6.45. The average Bonchev–Trinajstić information content (AvgIpc) is 2.42. The van der Waals surface area contributed by atoms with Gasteiger partial charge in [-0.3, -0.25) is 0 Å². The second kappa shape index (κ2) is 6.11. The predicted octanol–water partition coefficient (Wildman–Crippen LogP) is 1.56. The lowest BCUT2D eigenvalue weighted by atomic mass is 9.88. The second-order valence-electron chi connectivity index (χ2n) is 4.97. The number of nitrogens with zero attached hydrogens (tertiary/aromatic N) is 1. The maximum atomic E-state index is 14.2. The first-order valence-corrected chi connectivity index (χ1v) is 6.61. The number of aromatic nitrogens is 1. The highest BCUT2D eigenvalue weighted by Gasteiger charge is 2.13. The number of anilines is 2. The first-order chi connectivity index (χ1) is 9.90. The molecule has 0 amide bonds. The molecule has 5 nitrogen and oxygen atoms in total. The van der Waals surface area contributed by atoms with E-state index < -0.39 is 7.05 Å². The van der Waals surface area contributed by atoms with Crippen LogP contribution in [0.25, 0.3) is 11.1 Å². The molecule has 110 valence electrons. The zero-order valence-electron chi connectivity index (χ0n) is 12.0. The van der Waals surface area contributed by atoms with E-state index in [9.17, 15) is 9.41 Å². The van der Waals surface area contributed by atoms with Gasteiger partial charge in [0.15, 0.2) is 0 Å². The fraction of sp³-hybridized carbons (Fsp3) is 0.214. The molecule has 2 aromatic rings. The molecule has 0 aliphatic rings. The quantitative estimate of drug-likeness (QED) is 0.640. The van der Waals surface area contributed by atoms with E-state index in [4.69, 9.17) is 11.5 Å². The number of rotatable bonds is 4. The lowest BCUT2D eigenvalue weighted by Gasteiger charge is -2.13. The van der Waals surface area contributed by atoms with Gasteiger partial charge in [0.05, 0.1) is 5.69 Å². The van der Waals surface area contributed by atoms with Crippen molar-refractivity contribution in [2.24, 2.45) is 0 Å². The molecule has 1 aromatic carbocycles. The number of halogens is 1. The van der Waals surface area contributed by atoms with Gasteiger partial charge in [0, 0.05) is 23.9 Å². The van der Waals surface area contributed by atoms with E-state index in [-0.39, 0.29) is 18.2 Å². The minimum Gasteiger partial charge on any atom is -0.437 e. The summed E-state index contributed by atoms with van der Waals surface area (Å²) in [5.74, 6) is -0.134. The first kappa shape index (κ1) is 15.3. The molecular weight excluding hydrogens is 270 g/mol. The number of hydrogen-bond donors (Lipinski definition) is 4. The largest absolute Gasteiger partial charge is 0.437 e. The van der Waals surface area contributed by atoms with Gasteiger partial charge in [0.2, 0.25) is 0 Å². The van der Waals surface area contributed by atoms with Crippen LogP contribution < -0.4 is 16.7 Å². The fourth-order valence-corrected chi connectivity index (χ4v) is 2.15. The smallest absolute Gasteiger partial charge is 0.373 e. The van der Waals surface area contributed by atoms with Crippen LogP contribution in [-0.4, -0.2) is 17.1 Å². The zero-order chi connectivity index (χ0) is 15.6. The van der Waals surface area contributed by atoms with E-state index in [1.54, 1.807) is 25.2 Å². The number of benzene rings is 1. The van der Waals surface area contributed by atoms with Gasteiger partial charge in [-0.15, -0.1) is 0 Å². The van der Waals surface area contributed by atoms with E-state index in [2.05, 4.69) is 10.2 Å². The summed E-state index contributed by atoms with van der Waals surface area (Å²) in [5, 5.41) is 12.0. The normalized spacial score (nSPS) is 10.7. The Labute approximate surface area is 123 Å². The topological polar surface area (TPSA) is 97.2 Å². The van der Waals surface area contributed by atoms with Gasteiger partial charge in [0.1, 0.15) is 11.6 Å². The summed E-state index contributed by atoms with van der Waals surface area (Å²) in [4.78, 5) is 3.90. The molecular formula is C14H18BFN4O. The Morgan fingerprint density at radius 2 is 2.05 bits per heavy atom. The Morgan fingerprint density at radius 1 is 1.33 bits per heavy atom. The Hall–Kier alpha value is -2.12. The Kier molecular flexibility index (Phi) is 4.45. The summed E-state index contributed by atoms with van der Waals surface area (Å²) >= 11 is 0. The molecule has 0 aliphatic carbocycles.